The number of benzene rings is 3. The van der Waals surface area contributed by atoms with E-state index in [0.717, 1.165) is 29.8 Å². The molecule has 1 fully saturated rings. The number of likely N-dealkylation sites (N-methyl/N-ethyl adjacent to an activating group) is 1. The average Bonchev–Trinajstić information content (AvgIpc) is 3.73. The highest BCUT2D eigenvalue weighted by Crippen LogP contribution is 2.37. The largest absolute Gasteiger partial charge is 0.416 e. The molecule has 0 bridgehead atoms. The molecule has 2 aliphatic heterocycles. The number of aromatic amines is 1. The maximum atomic E-state index is 13.5. The summed E-state index contributed by atoms with van der Waals surface area (Å²) >= 11 is 0. The number of aromatic nitrogens is 1. The molecule has 0 spiro atoms. The Morgan fingerprint density at radius 1 is 0.979 bits per heavy atom. The number of hydrogen-bond donors (Lipinski definition) is 4. The Bertz CT molecular complexity index is 1960. The van der Waals surface area contributed by atoms with Gasteiger partial charge in [0, 0.05) is 58.7 Å². The van der Waals surface area contributed by atoms with Crippen LogP contribution >= 0.6 is 0 Å². The number of likely N-dealkylation sites (tertiary alicyclic amines) is 1. The second kappa shape index (κ2) is 12.7. The predicted molar refractivity (Wildman–Crippen MR) is 180 cm³/mol. The molecular formula is C36H35F3N6O3. The third-order valence-corrected chi connectivity index (χ3v) is 8.82. The second-order valence-electron chi connectivity index (χ2n) is 12.3. The first-order valence-corrected chi connectivity index (χ1v) is 15.5. The predicted octanol–water partition coefficient (Wildman–Crippen LogP) is 6.92. The monoisotopic (exact) mass is 656 g/mol. The molecule has 1 unspecified atom stereocenters. The molecule has 6 rings (SSSR count). The maximum absolute atomic E-state index is 13.5. The van der Waals surface area contributed by atoms with Crippen molar-refractivity contribution in [3.63, 3.8) is 0 Å². The number of nitrogens with zero attached hydrogens (tertiary/aromatic N) is 2. The molecule has 9 nitrogen and oxygen atoms in total. The molecule has 4 aromatic rings. The van der Waals surface area contributed by atoms with Crippen molar-refractivity contribution in [2.24, 2.45) is 0 Å². The van der Waals surface area contributed by atoms with Crippen molar-refractivity contribution >= 4 is 52.1 Å². The highest BCUT2D eigenvalue weighted by Gasteiger charge is 2.32. The van der Waals surface area contributed by atoms with Gasteiger partial charge in [-0.3, -0.25) is 14.4 Å². The number of anilines is 4. The average molecular weight is 657 g/mol. The summed E-state index contributed by atoms with van der Waals surface area (Å²) in [5.74, 6) is -0.952. The summed E-state index contributed by atoms with van der Waals surface area (Å²) in [5, 5.41) is 8.79. The highest BCUT2D eigenvalue weighted by molar-refractivity contribution is 6.35. The molecule has 2 aliphatic rings. The summed E-state index contributed by atoms with van der Waals surface area (Å²) < 4.78 is 39.3. The zero-order valence-electron chi connectivity index (χ0n) is 26.9. The van der Waals surface area contributed by atoms with Gasteiger partial charge >= 0.3 is 6.18 Å². The minimum atomic E-state index is -4.56. The summed E-state index contributed by atoms with van der Waals surface area (Å²) in [4.78, 5) is 46.6. The van der Waals surface area contributed by atoms with Crippen molar-refractivity contribution in [3.05, 3.63) is 106 Å². The molecular weight excluding hydrogens is 621 g/mol. The van der Waals surface area contributed by atoms with Crippen molar-refractivity contribution in [1.82, 2.24) is 14.8 Å². The molecule has 1 aromatic heterocycles. The minimum Gasteiger partial charge on any atom is -0.358 e. The Labute approximate surface area is 275 Å². The molecule has 1 atom stereocenters. The number of halogens is 3. The Hall–Kier alpha value is -5.36. The molecule has 248 valence electrons. The first kappa shape index (κ1) is 32.6. The van der Waals surface area contributed by atoms with Gasteiger partial charge in [-0.05, 0) is 94.5 Å². The van der Waals surface area contributed by atoms with E-state index in [4.69, 9.17) is 0 Å². The van der Waals surface area contributed by atoms with Gasteiger partial charge < -0.3 is 30.7 Å². The number of nitrogens with one attached hydrogen (secondary N) is 4. The number of aryl methyl sites for hydroxylation is 1. The molecule has 3 amide bonds. The van der Waals surface area contributed by atoms with Gasteiger partial charge in [0.2, 0.25) is 0 Å². The van der Waals surface area contributed by atoms with Crippen LogP contribution in [-0.2, 0) is 11.0 Å². The molecule has 3 heterocycles. The van der Waals surface area contributed by atoms with Gasteiger partial charge in [-0.15, -0.1) is 0 Å². The Morgan fingerprint density at radius 2 is 1.71 bits per heavy atom. The minimum absolute atomic E-state index is 0.0125. The van der Waals surface area contributed by atoms with Crippen molar-refractivity contribution in [3.8, 4) is 0 Å². The maximum Gasteiger partial charge on any atom is 0.416 e. The van der Waals surface area contributed by atoms with E-state index in [1.165, 1.54) is 12.1 Å². The standard InChI is InChI=1S/C36H35F3N6O3/c1-20-30(40-21(2)32(20)35(48)45-14-13-27(19-45)44(3)4)18-29-28-12-11-26(17-31(28)43-34(29)47)41-24-9-6-10-25(16-24)42-33(46)22-7-5-8-23(15-22)36(37,38)39/h5-12,15-18,27,40-41H,13-14,19H2,1-4H3,(H,42,46)(H,43,47)/b29-18-. The van der Waals surface area contributed by atoms with Gasteiger partial charge in [-0.25, -0.2) is 0 Å². The quantitative estimate of drug-likeness (QED) is 0.162. The van der Waals surface area contributed by atoms with E-state index in [0.29, 0.717) is 64.3 Å². The lowest BCUT2D eigenvalue weighted by Crippen LogP contribution is -2.34. The first-order chi connectivity index (χ1) is 22.8. The number of alkyl halides is 3. The lowest BCUT2D eigenvalue weighted by molar-refractivity contribution is -0.137. The van der Waals surface area contributed by atoms with E-state index in [-0.39, 0.29) is 17.4 Å². The summed E-state index contributed by atoms with van der Waals surface area (Å²) in [6.07, 6.45) is -1.85. The van der Waals surface area contributed by atoms with Crippen LogP contribution in [0.1, 0.15) is 55.2 Å². The lowest BCUT2D eigenvalue weighted by atomic mass is 10.0. The zero-order chi connectivity index (χ0) is 34.3. The van der Waals surface area contributed by atoms with E-state index in [2.05, 4.69) is 25.8 Å². The SMILES string of the molecule is Cc1[nH]c(/C=C2\C(=O)Nc3cc(Nc4cccc(NC(=O)c5cccc(C(F)(F)F)c5)c4)ccc32)c(C)c1C(=O)N1CCC(N(C)C)C1. The number of carbonyl (C=O) groups excluding carboxylic acids is 3. The van der Waals surface area contributed by atoms with E-state index in [1.807, 2.05) is 45.0 Å². The van der Waals surface area contributed by atoms with Crippen molar-refractivity contribution in [2.75, 3.05) is 43.1 Å². The van der Waals surface area contributed by atoms with Crippen LogP contribution < -0.4 is 16.0 Å². The number of H-pyrrole nitrogens is 1. The molecule has 0 aliphatic carbocycles. The highest BCUT2D eigenvalue weighted by atomic mass is 19.4. The summed E-state index contributed by atoms with van der Waals surface area (Å²) in [5.41, 5.74) is 5.30. The lowest BCUT2D eigenvalue weighted by Gasteiger charge is -2.20. The van der Waals surface area contributed by atoms with Crippen LogP contribution in [0, 0.1) is 13.8 Å². The molecule has 3 aromatic carbocycles. The summed E-state index contributed by atoms with van der Waals surface area (Å²) in [6.45, 7) is 5.14. The summed E-state index contributed by atoms with van der Waals surface area (Å²) in [7, 11) is 4.04. The van der Waals surface area contributed by atoms with E-state index in [1.54, 1.807) is 36.4 Å². The zero-order valence-corrected chi connectivity index (χ0v) is 26.9. The third-order valence-electron chi connectivity index (χ3n) is 8.82. The van der Waals surface area contributed by atoms with Crippen LogP contribution in [-0.4, -0.2) is 65.7 Å². The molecule has 0 radical (unpaired) electrons. The fourth-order valence-electron chi connectivity index (χ4n) is 6.19. The first-order valence-electron chi connectivity index (χ1n) is 15.5. The van der Waals surface area contributed by atoms with Crippen LogP contribution in [0.3, 0.4) is 0 Å². The normalized spacial score (nSPS) is 16.8. The Balaban J connectivity index is 1.17. The number of carbonyl (C=O) groups is 3. The van der Waals surface area contributed by atoms with Gasteiger partial charge in [-0.2, -0.15) is 13.2 Å². The number of amides is 3. The van der Waals surface area contributed by atoms with Crippen LogP contribution in [0.5, 0.6) is 0 Å². The van der Waals surface area contributed by atoms with Crippen molar-refractivity contribution in [2.45, 2.75) is 32.5 Å². The van der Waals surface area contributed by atoms with Crippen molar-refractivity contribution < 1.29 is 27.6 Å². The number of rotatable bonds is 7. The van der Waals surface area contributed by atoms with Gasteiger partial charge in [0.1, 0.15) is 0 Å². The van der Waals surface area contributed by atoms with Gasteiger partial charge in [0.05, 0.1) is 22.4 Å². The summed E-state index contributed by atoms with van der Waals surface area (Å²) in [6, 6.07) is 16.7. The molecule has 1 saturated heterocycles. The molecule has 12 heteroatoms. The van der Waals surface area contributed by atoms with E-state index >= 15 is 0 Å². The van der Waals surface area contributed by atoms with Crippen LogP contribution in [0.25, 0.3) is 11.6 Å². The van der Waals surface area contributed by atoms with Crippen molar-refractivity contribution in [1.29, 1.82) is 0 Å². The van der Waals surface area contributed by atoms with Crippen LogP contribution in [0.2, 0.25) is 0 Å². The fourth-order valence-corrected chi connectivity index (χ4v) is 6.19. The van der Waals surface area contributed by atoms with Crippen LogP contribution in [0.15, 0.2) is 66.7 Å². The van der Waals surface area contributed by atoms with Gasteiger partial charge in [-0.1, -0.05) is 18.2 Å². The van der Waals surface area contributed by atoms with E-state index in [9.17, 15) is 27.6 Å². The smallest absolute Gasteiger partial charge is 0.358 e. The second-order valence-corrected chi connectivity index (χ2v) is 12.3. The fraction of sp³-hybridized carbons (Fsp3) is 0.250. The Morgan fingerprint density at radius 3 is 2.44 bits per heavy atom. The number of fused-ring (bicyclic) bond motifs is 1. The molecule has 4 N–H and O–H groups in total. The topological polar surface area (TPSA) is 110 Å². The van der Waals surface area contributed by atoms with E-state index < -0.39 is 17.6 Å². The third kappa shape index (κ3) is 6.56. The van der Waals surface area contributed by atoms with Gasteiger partial charge in [0.15, 0.2) is 0 Å². The Kier molecular flexibility index (Phi) is 8.61. The molecule has 0 saturated carbocycles. The molecule has 48 heavy (non-hydrogen) atoms. The van der Waals surface area contributed by atoms with Gasteiger partial charge in [0.25, 0.3) is 17.7 Å². The van der Waals surface area contributed by atoms with Crippen LogP contribution in [0.4, 0.5) is 35.9 Å². The number of hydrogen-bond acceptors (Lipinski definition) is 5.